The summed E-state index contributed by atoms with van der Waals surface area (Å²) in [5, 5.41) is 9.37. The van der Waals surface area contributed by atoms with Crippen molar-refractivity contribution in [3.05, 3.63) is 59.2 Å². The summed E-state index contributed by atoms with van der Waals surface area (Å²) in [6.07, 6.45) is 0. The minimum absolute atomic E-state index is 0.0434. The molecule has 1 atom stereocenters. The van der Waals surface area contributed by atoms with E-state index < -0.39 is 11.9 Å². The number of phenols is 1. The van der Waals surface area contributed by atoms with Crippen molar-refractivity contribution in [2.24, 2.45) is 0 Å². The van der Waals surface area contributed by atoms with Gasteiger partial charge in [0.15, 0.2) is 5.78 Å². The molecule has 0 saturated heterocycles. The summed E-state index contributed by atoms with van der Waals surface area (Å²) in [7, 11) is 0. The molecule has 0 amide bonds. The van der Waals surface area contributed by atoms with Crippen molar-refractivity contribution < 1.29 is 19.4 Å². The van der Waals surface area contributed by atoms with Gasteiger partial charge in [-0.15, -0.1) is 0 Å². The van der Waals surface area contributed by atoms with Crippen LogP contribution in [-0.2, 0) is 4.79 Å². The molecule has 20 heavy (non-hydrogen) atoms. The molecule has 4 nitrogen and oxygen atoms in total. The minimum atomic E-state index is -0.937. The monoisotopic (exact) mass is 268 g/mol. The normalized spacial score (nSPS) is 17.6. The average molecular weight is 268 g/mol. The number of phenolic OH excluding ortho intramolecular Hbond substituents is 1. The van der Waals surface area contributed by atoms with Crippen molar-refractivity contribution in [1.29, 1.82) is 0 Å². The number of hydrogen-bond acceptors (Lipinski definition) is 4. The van der Waals surface area contributed by atoms with E-state index >= 15 is 0 Å². The fourth-order valence-corrected chi connectivity index (χ4v) is 2.28. The highest BCUT2D eigenvalue weighted by Gasteiger charge is 2.37. The third kappa shape index (κ3) is 1.95. The smallest absolute Gasteiger partial charge is 0.326 e. The van der Waals surface area contributed by atoms with Gasteiger partial charge in [0.25, 0.3) is 0 Å². The van der Waals surface area contributed by atoms with Gasteiger partial charge in [0.2, 0.25) is 0 Å². The second kappa shape index (κ2) is 4.49. The number of carbonyl (C=O) groups is 2. The molecule has 2 aromatic rings. The Balaban J connectivity index is 2.06. The lowest BCUT2D eigenvalue weighted by molar-refractivity contribution is -0.135. The van der Waals surface area contributed by atoms with Crippen molar-refractivity contribution in [1.82, 2.24) is 0 Å². The summed E-state index contributed by atoms with van der Waals surface area (Å²) in [4.78, 5) is 24.5. The fraction of sp³-hybridized carbons (Fsp3) is 0.125. The van der Waals surface area contributed by atoms with Gasteiger partial charge in [-0.2, -0.15) is 0 Å². The van der Waals surface area contributed by atoms with E-state index in [1.54, 1.807) is 12.1 Å². The molecule has 0 aliphatic carbocycles. The fourth-order valence-electron chi connectivity index (χ4n) is 2.28. The number of Topliss-reactive ketones (excluding diaryl/α,β-unsaturated/α-hetero) is 1. The standard InChI is InChI=1S/C16H12O4/c1-9-2-4-10(5-3-9)14-15(18)12-7-6-11(17)8-13(12)20-16(14)19/h2-8,14,17H,1H3. The Bertz CT molecular complexity index is 701. The van der Waals surface area contributed by atoms with Crippen LogP contribution in [-0.4, -0.2) is 16.9 Å². The first-order valence-electron chi connectivity index (χ1n) is 6.22. The number of benzene rings is 2. The highest BCUT2D eigenvalue weighted by Crippen LogP contribution is 2.35. The molecule has 0 saturated carbocycles. The predicted molar refractivity (Wildman–Crippen MR) is 72.0 cm³/mol. The van der Waals surface area contributed by atoms with Crippen molar-refractivity contribution in [2.75, 3.05) is 0 Å². The topological polar surface area (TPSA) is 63.6 Å². The van der Waals surface area contributed by atoms with Gasteiger partial charge in [0.1, 0.15) is 17.4 Å². The van der Waals surface area contributed by atoms with E-state index in [9.17, 15) is 14.7 Å². The summed E-state index contributed by atoms with van der Waals surface area (Å²) in [6, 6.07) is 11.4. The second-order valence-corrected chi connectivity index (χ2v) is 4.81. The quantitative estimate of drug-likeness (QED) is 0.490. The molecular weight excluding hydrogens is 256 g/mol. The average Bonchev–Trinajstić information content (AvgIpc) is 2.40. The lowest BCUT2D eigenvalue weighted by Crippen LogP contribution is -2.31. The molecule has 100 valence electrons. The maximum absolute atomic E-state index is 12.4. The van der Waals surface area contributed by atoms with Crippen LogP contribution in [0.5, 0.6) is 11.5 Å². The molecule has 0 radical (unpaired) electrons. The van der Waals surface area contributed by atoms with E-state index in [-0.39, 0.29) is 17.3 Å². The van der Waals surface area contributed by atoms with Crippen LogP contribution in [0.25, 0.3) is 0 Å². The number of fused-ring (bicyclic) bond motifs is 1. The molecule has 0 fully saturated rings. The van der Waals surface area contributed by atoms with E-state index in [0.717, 1.165) is 5.56 Å². The Morgan fingerprint density at radius 1 is 1.05 bits per heavy atom. The minimum Gasteiger partial charge on any atom is -0.508 e. The van der Waals surface area contributed by atoms with Crippen molar-refractivity contribution in [3.63, 3.8) is 0 Å². The van der Waals surface area contributed by atoms with E-state index in [4.69, 9.17) is 4.74 Å². The van der Waals surface area contributed by atoms with Crippen LogP contribution in [0.2, 0.25) is 0 Å². The summed E-state index contributed by atoms with van der Waals surface area (Å²) in [5.41, 5.74) is 1.98. The number of rotatable bonds is 1. The van der Waals surface area contributed by atoms with Crippen molar-refractivity contribution >= 4 is 11.8 Å². The van der Waals surface area contributed by atoms with Crippen LogP contribution in [0.4, 0.5) is 0 Å². The first kappa shape index (κ1) is 12.4. The molecule has 2 aromatic carbocycles. The van der Waals surface area contributed by atoms with Gasteiger partial charge in [-0.1, -0.05) is 29.8 Å². The predicted octanol–water partition coefficient (Wildman–Crippen LogP) is 2.59. The van der Waals surface area contributed by atoms with Crippen LogP contribution in [0, 0.1) is 6.92 Å². The molecule has 1 unspecified atom stereocenters. The molecule has 4 heteroatoms. The molecule has 1 aliphatic heterocycles. The Hall–Kier alpha value is -2.62. The molecule has 1 heterocycles. The van der Waals surface area contributed by atoms with Crippen LogP contribution in [0.15, 0.2) is 42.5 Å². The molecule has 1 aliphatic rings. The van der Waals surface area contributed by atoms with Gasteiger partial charge in [0, 0.05) is 6.07 Å². The number of carbonyl (C=O) groups excluding carboxylic acids is 2. The van der Waals surface area contributed by atoms with Crippen molar-refractivity contribution in [3.8, 4) is 11.5 Å². The first-order valence-corrected chi connectivity index (χ1v) is 6.22. The number of aryl methyl sites for hydroxylation is 1. The summed E-state index contributed by atoms with van der Waals surface area (Å²) in [6.45, 7) is 1.93. The van der Waals surface area contributed by atoms with Crippen molar-refractivity contribution in [2.45, 2.75) is 12.8 Å². The van der Waals surface area contributed by atoms with E-state index in [0.29, 0.717) is 11.1 Å². The lowest BCUT2D eigenvalue weighted by Gasteiger charge is -2.22. The summed E-state index contributed by atoms with van der Waals surface area (Å²) in [5.74, 6) is -1.79. The van der Waals surface area contributed by atoms with E-state index in [1.165, 1.54) is 18.2 Å². The van der Waals surface area contributed by atoms with Gasteiger partial charge in [-0.05, 0) is 24.6 Å². The van der Waals surface area contributed by atoms with Crippen LogP contribution in [0.1, 0.15) is 27.4 Å². The highest BCUT2D eigenvalue weighted by atomic mass is 16.5. The number of ketones is 1. The third-order valence-corrected chi connectivity index (χ3v) is 3.35. The largest absolute Gasteiger partial charge is 0.508 e. The maximum atomic E-state index is 12.4. The van der Waals surface area contributed by atoms with Gasteiger partial charge >= 0.3 is 5.97 Å². The molecule has 3 rings (SSSR count). The number of hydrogen-bond donors (Lipinski definition) is 1. The molecular formula is C16H12O4. The Labute approximate surface area is 115 Å². The zero-order chi connectivity index (χ0) is 14.3. The lowest BCUT2D eigenvalue weighted by atomic mass is 9.88. The second-order valence-electron chi connectivity index (χ2n) is 4.81. The molecule has 0 bridgehead atoms. The molecule has 1 N–H and O–H groups in total. The van der Waals surface area contributed by atoms with Gasteiger partial charge in [-0.25, -0.2) is 0 Å². The Morgan fingerprint density at radius 2 is 1.75 bits per heavy atom. The van der Waals surface area contributed by atoms with E-state index in [1.807, 2.05) is 19.1 Å². The van der Waals surface area contributed by atoms with Crippen LogP contribution in [0.3, 0.4) is 0 Å². The molecule has 0 aromatic heterocycles. The summed E-state index contributed by atoms with van der Waals surface area (Å²) >= 11 is 0. The maximum Gasteiger partial charge on any atom is 0.326 e. The van der Waals surface area contributed by atoms with Crippen LogP contribution >= 0.6 is 0 Å². The zero-order valence-corrected chi connectivity index (χ0v) is 10.8. The number of aromatic hydroxyl groups is 1. The Kier molecular flexibility index (Phi) is 2.79. The highest BCUT2D eigenvalue weighted by molar-refractivity contribution is 6.17. The summed E-state index contributed by atoms with van der Waals surface area (Å²) < 4.78 is 5.16. The number of esters is 1. The number of ether oxygens (including phenoxy) is 1. The van der Waals surface area contributed by atoms with Gasteiger partial charge in [-0.3, -0.25) is 9.59 Å². The molecule has 0 spiro atoms. The SMILES string of the molecule is Cc1ccc(C2C(=O)Oc3cc(O)ccc3C2=O)cc1. The van der Waals surface area contributed by atoms with Gasteiger partial charge < -0.3 is 9.84 Å². The zero-order valence-electron chi connectivity index (χ0n) is 10.8. The van der Waals surface area contributed by atoms with E-state index in [2.05, 4.69) is 0 Å². The van der Waals surface area contributed by atoms with Gasteiger partial charge in [0.05, 0.1) is 5.56 Å². The Morgan fingerprint density at radius 3 is 2.45 bits per heavy atom. The third-order valence-electron chi connectivity index (χ3n) is 3.35. The van der Waals surface area contributed by atoms with Crippen LogP contribution < -0.4 is 4.74 Å². The first-order chi connectivity index (χ1) is 9.56.